The molecule has 0 unspecified atom stereocenters. The van der Waals surface area contributed by atoms with Gasteiger partial charge in [-0.2, -0.15) is 0 Å². The van der Waals surface area contributed by atoms with Gasteiger partial charge in [0.1, 0.15) is 5.75 Å². The van der Waals surface area contributed by atoms with Crippen molar-refractivity contribution in [3.8, 4) is 5.75 Å². The molecule has 20 heavy (non-hydrogen) atoms. The van der Waals surface area contributed by atoms with Gasteiger partial charge in [0, 0.05) is 12.7 Å². The predicted octanol–water partition coefficient (Wildman–Crippen LogP) is 3.43. The summed E-state index contributed by atoms with van der Waals surface area (Å²) >= 11 is 0. The summed E-state index contributed by atoms with van der Waals surface area (Å²) in [6, 6.07) is 17.2. The van der Waals surface area contributed by atoms with Crippen LogP contribution in [0.2, 0.25) is 0 Å². The molecule has 104 valence electrons. The van der Waals surface area contributed by atoms with Crippen molar-refractivity contribution in [2.24, 2.45) is 0 Å². The number of nitrogens with zero attached hydrogens (tertiary/aromatic N) is 1. The molecule has 3 nitrogen and oxygen atoms in total. The number of aryl methyl sites for hydroxylation is 1. The number of hydrogen-bond donors (Lipinski definition) is 0. The van der Waals surface area contributed by atoms with Crippen molar-refractivity contribution in [1.82, 2.24) is 0 Å². The van der Waals surface area contributed by atoms with E-state index in [1.165, 1.54) is 0 Å². The van der Waals surface area contributed by atoms with Crippen LogP contribution >= 0.6 is 0 Å². The number of anilines is 1. The second-order valence-corrected chi connectivity index (χ2v) is 4.81. The Hall–Kier alpha value is -2.29. The lowest BCUT2D eigenvalue weighted by Gasteiger charge is -2.22. The molecule has 0 saturated carbocycles. The third-order valence-electron chi connectivity index (χ3n) is 3.16. The highest BCUT2D eigenvalue weighted by Crippen LogP contribution is 2.16. The van der Waals surface area contributed by atoms with Crippen molar-refractivity contribution >= 4 is 11.6 Å². The lowest BCUT2D eigenvalue weighted by molar-refractivity contribution is -0.124. The molecule has 0 spiro atoms. The standard InChI is InChI=1S/C17H19NO2/c1-13-9-11-16(12-10-13)20-14(2)17(19)18(3)15-7-5-4-6-8-15/h4-12,14H,1-3H3/t14-/m1/s1. The highest BCUT2D eigenvalue weighted by molar-refractivity contribution is 5.95. The maximum atomic E-state index is 12.3. The van der Waals surface area contributed by atoms with Gasteiger partial charge in [-0.05, 0) is 38.1 Å². The Balaban J connectivity index is 2.03. The Kier molecular flexibility index (Phi) is 4.41. The van der Waals surface area contributed by atoms with Gasteiger partial charge >= 0.3 is 0 Å². The molecule has 0 N–H and O–H groups in total. The largest absolute Gasteiger partial charge is 0.481 e. The zero-order valence-corrected chi connectivity index (χ0v) is 12.0. The van der Waals surface area contributed by atoms with E-state index in [1.54, 1.807) is 18.9 Å². The minimum Gasteiger partial charge on any atom is -0.481 e. The summed E-state index contributed by atoms with van der Waals surface area (Å²) in [7, 11) is 1.76. The highest BCUT2D eigenvalue weighted by Gasteiger charge is 2.20. The number of carbonyl (C=O) groups is 1. The van der Waals surface area contributed by atoms with E-state index in [-0.39, 0.29) is 5.91 Å². The number of rotatable bonds is 4. The van der Waals surface area contributed by atoms with Crippen molar-refractivity contribution in [2.45, 2.75) is 20.0 Å². The molecule has 0 aromatic heterocycles. The van der Waals surface area contributed by atoms with Crippen LogP contribution in [0.15, 0.2) is 54.6 Å². The maximum Gasteiger partial charge on any atom is 0.267 e. The summed E-state index contributed by atoms with van der Waals surface area (Å²) in [5.41, 5.74) is 2.02. The summed E-state index contributed by atoms with van der Waals surface area (Å²) in [5, 5.41) is 0. The average molecular weight is 269 g/mol. The Labute approximate surface area is 119 Å². The second-order valence-electron chi connectivity index (χ2n) is 4.81. The molecule has 2 aromatic carbocycles. The third-order valence-corrected chi connectivity index (χ3v) is 3.16. The molecule has 1 atom stereocenters. The summed E-state index contributed by atoms with van der Waals surface area (Å²) in [6.45, 7) is 3.78. The monoisotopic (exact) mass is 269 g/mol. The number of hydrogen-bond acceptors (Lipinski definition) is 2. The Bertz CT molecular complexity index is 563. The normalized spacial score (nSPS) is 11.8. The van der Waals surface area contributed by atoms with Crippen molar-refractivity contribution in [3.63, 3.8) is 0 Å². The van der Waals surface area contributed by atoms with E-state index in [1.807, 2.05) is 61.5 Å². The molecule has 0 aliphatic heterocycles. The molecular formula is C17H19NO2. The molecule has 0 radical (unpaired) electrons. The fraction of sp³-hybridized carbons (Fsp3) is 0.235. The van der Waals surface area contributed by atoms with E-state index < -0.39 is 6.10 Å². The van der Waals surface area contributed by atoms with Gasteiger partial charge in [-0.15, -0.1) is 0 Å². The van der Waals surface area contributed by atoms with Gasteiger partial charge in [-0.25, -0.2) is 0 Å². The van der Waals surface area contributed by atoms with Gasteiger partial charge in [0.05, 0.1) is 0 Å². The molecule has 2 aromatic rings. The molecule has 2 rings (SSSR count). The first-order valence-electron chi connectivity index (χ1n) is 6.64. The molecule has 0 aliphatic rings. The zero-order chi connectivity index (χ0) is 14.5. The summed E-state index contributed by atoms with van der Waals surface area (Å²) in [6.07, 6.45) is -0.525. The van der Waals surface area contributed by atoms with E-state index in [9.17, 15) is 4.79 Å². The molecule has 0 saturated heterocycles. The summed E-state index contributed by atoms with van der Waals surface area (Å²) in [4.78, 5) is 13.9. The first-order valence-corrected chi connectivity index (χ1v) is 6.64. The Morgan fingerprint density at radius 3 is 2.25 bits per heavy atom. The van der Waals surface area contributed by atoms with Gasteiger partial charge in [0.25, 0.3) is 5.91 Å². The topological polar surface area (TPSA) is 29.5 Å². The SMILES string of the molecule is Cc1ccc(O[C@H](C)C(=O)N(C)c2ccccc2)cc1. The highest BCUT2D eigenvalue weighted by atomic mass is 16.5. The number of carbonyl (C=O) groups excluding carboxylic acids is 1. The molecule has 0 fully saturated rings. The number of benzene rings is 2. The van der Waals surface area contributed by atoms with Crippen molar-refractivity contribution in [1.29, 1.82) is 0 Å². The summed E-state index contributed by atoms with van der Waals surface area (Å²) in [5.74, 6) is 0.634. The van der Waals surface area contributed by atoms with E-state index >= 15 is 0 Å². The van der Waals surface area contributed by atoms with Crippen LogP contribution in [-0.2, 0) is 4.79 Å². The van der Waals surface area contributed by atoms with Crippen molar-refractivity contribution in [3.05, 3.63) is 60.2 Å². The van der Waals surface area contributed by atoms with Gasteiger partial charge in [-0.1, -0.05) is 35.9 Å². The lowest BCUT2D eigenvalue weighted by atomic mass is 10.2. The van der Waals surface area contributed by atoms with Gasteiger partial charge in [0.15, 0.2) is 6.10 Å². The molecular weight excluding hydrogens is 250 g/mol. The van der Waals surface area contributed by atoms with Crippen molar-refractivity contribution < 1.29 is 9.53 Å². The first kappa shape index (κ1) is 14.1. The van der Waals surface area contributed by atoms with E-state index in [4.69, 9.17) is 4.74 Å². The van der Waals surface area contributed by atoms with Crippen LogP contribution in [0.4, 0.5) is 5.69 Å². The smallest absolute Gasteiger partial charge is 0.267 e. The number of amides is 1. The van der Waals surface area contributed by atoms with Crippen LogP contribution in [0.3, 0.4) is 0 Å². The lowest BCUT2D eigenvalue weighted by Crippen LogP contribution is -2.37. The fourth-order valence-electron chi connectivity index (χ4n) is 1.92. The minimum atomic E-state index is -0.525. The molecule has 0 aliphatic carbocycles. The molecule has 0 bridgehead atoms. The van der Waals surface area contributed by atoms with E-state index in [0.717, 1.165) is 11.3 Å². The summed E-state index contributed by atoms with van der Waals surface area (Å²) < 4.78 is 5.68. The molecule has 0 heterocycles. The van der Waals surface area contributed by atoms with Crippen LogP contribution < -0.4 is 9.64 Å². The van der Waals surface area contributed by atoms with E-state index in [0.29, 0.717) is 5.75 Å². The number of para-hydroxylation sites is 1. The fourth-order valence-corrected chi connectivity index (χ4v) is 1.92. The second kappa shape index (κ2) is 6.24. The first-order chi connectivity index (χ1) is 9.58. The van der Waals surface area contributed by atoms with Gasteiger partial charge < -0.3 is 9.64 Å². The number of likely N-dealkylation sites (N-methyl/N-ethyl adjacent to an activating group) is 1. The quantitative estimate of drug-likeness (QED) is 0.851. The van der Waals surface area contributed by atoms with Crippen LogP contribution in [0.25, 0.3) is 0 Å². The van der Waals surface area contributed by atoms with Crippen LogP contribution in [-0.4, -0.2) is 19.1 Å². The maximum absolute atomic E-state index is 12.3. The Morgan fingerprint density at radius 2 is 1.65 bits per heavy atom. The Morgan fingerprint density at radius 1 is 1.05 bits per heavy atom. The van der Waals surface area contributed by atoms with E-state index in [2.05, 4.69) is 0 Å². The van der Waals surface area contributed by atoms with Gasteiger partial charge in [-0.3, -0.25) is 4.79 Å². The van der Waals surface area contributed by atoms with Crippen molar-refractivity contribution in [2.75, 3.05) is 11.9 Å². The predicted molar refractivity (Wildman–Crippen MR) is 81.1 cm³/mol. The van der Waals surface area contributed by atoms with Crippen LogP contribution in [0.5, 0.6) is 5.75 Å². The zero-order valence-electron chi connectivity index (χ0n) is 12.0. The molecule has 1 amide bonds. The van der Waals surface area contributed by atoms with Crippen LogP contribution in [0.1, 0.15) is 12.5 Å². The minimum absolute atomic E-state index is 0.0724. The van der Waals surface area contributed by atoms with Crippen LogP contribution in [0, 0.1) is 6.92 Å². The number of ether oxygens (including phenoxy) is 1. The molecule has 3 heteroatoms. The third kappa shape index (κ3) is 3.38. The van der Waals surface area contributed by atoms with Gasteiger partial charge in [0.2, 0.25) is 0 Å². The average Bonchev–Trinajstić information content (AvgIpc) is 2.49.